The number of rotatable bonds is 6. The molecule has 1 aliphatic rings. The molecule has 1 saturated carbocycles. The van der Waals surface area contributed by atoms with Gasteiger partial charge in [0.05, 0.1) is 17.6 Å². The van der Waals surface area contributed by atoms with Gasteiger partial charge in [-0.1, -0.05) is 0 Å². The van der Waals surface area contributed by atoms with Crippen LogP contribution in [-0.2, 0) is 10.3 Å². The minimum Gasteiger partial charge on any atom is -0.473 e. The monoisotopic (exact) mass is 393 g/mol. The Morgan fingerprint density at radius 3 is 2.50 bits per heavy atom. The molecule has 1 aliphatic carbocycles. The highest BCUT2D eigenvalue weighted by atomic mass is 16.6. The smallest absolute Gasteiger partial charge is 0.407 e. The molecule has 0 unspecified atom stereocenters. The number of nitro groups is 1. The van der Waals surface area contributed by atoms with E-state index in [0.29, 0.717) is 0 Å². The largest absolute Gasteiger partial charge is 0.473 e. The van der Waals surface area contributed by atoms with Crippen LogP contribution in [0.2, 0.25) is 0 Å². The highest BCUT2D eigenvalue weighted by Gasteiger charge is 2.38. The van der Waals surface area contributed by atoms with Gasteiger partial charge < -0.3 is 14.8 Å². The van der Waals surface area contributed by atoms with Crippen LogP contribution in [-0.4, -0.2) is 39.0 Å². The summed E-state index contributed by atoms with van der Waals surface area (Å²) in [6.45, 7) is 10.2. The van der Waals surface area contributed by atoms with Crippen molar-refractivity contribution in [3.8, 4) is 11.9 Å². The zero-order chi connectivity index (χ0) is 21.3. The summed E-state index contributed by atoms with van der Waals surface area (Å²) in [6.07, 6.45) is 1.08. The minimum atomic E-state index is -1.11. The van der Waals surface area contributed by atoms with Crippen LogP contribution < -0.4 is 10.1 Å². The maximum atomic E-state index is 11.9. The van der Waals surface area contributed by atoms with Gasteiger partial charge in [0.15, 0.2) is 0 Å². The van der Waals surface area contributed by atoms with Gasteiger partial charge in [-0.2, -0.15) is 10.4 Å². The minimum absolute atomic E-state index is 0.0130. The number of hydrogen-bond donors (Lipinski definition) is 1. The van der Waals surface area contributed by atoms with E-state index in [9.17, 15) is 20.2 Å². The number of hydrogen-bond acceptors (Lipinski definition) is 7. The number of aryl methyl sites for hydroxylation is 1. The van der Waals surface area contributed by atoms with Crippen molar-refractivity contribution >= 4 is 11.8 Å². The molecule has 28 heavy (non-hydrogen) atoms. The van der Waals surface area contributed by atoms with Gasteiger partial charge in [-0.05, 0) is 54.4 Å². The number of amides is 1. The van der Waals surface area contributed by atoms with Crippen molar-refractivity contribution in [3.05, 3.63) is 15.8 Å². The Kier molecular flexibility index (Phi) is 5.87. The Morgan fingerprint density at radius 1 is 1.39 bits per heavy atom. The quantitative estimate of drug-likeness (QED) is 0.580. The third-order valence-electron chi connectivity index (χ3n) is 4.53. The fraction of sp³-hybridized carbons (Fsp3) is 0.722. The first-order valence-corrected chi connectivity index (χ1v) is 9.14. The first-order chi connectivity index (χ1) is 12.9. The van der Waals surface area contributed by atoms with E-state index >= 15 is 0 Å². The van der Waals surface area contributed by atoms with Crippen molar-refractivity contribution in [3.63, 3.8) is 0 Å². The second-order valence-electron chi connectivity index (χ2n) is 8.48. The topological polar surface area (TPSA) is 132 Å². The highest BCUT2D eigenvalue weighted by molar-refractivity contribution is 5.68. The molecular formula is C18H27N5O5. The van der Waals surface area contributed by atoms with Crippen LogP contribution in [0.25, 0.3) is 0 Å². The predicted octanol–water partition coefficient (Wildman–Crippen LogP) is 3.04. The molecule has 2 atom stereocenters. The number of carbonyl (C=O) groups is 1. The molecule has 1 aromatic heterocycles. The fourth-order valence-corrected chi connectivity index (χ4v) is 2.87. The van der Waals surface area contributed by atoms with Crippen LogP contribution in [0.5, 0.6) is 5.88 Å². The van der Waals surface area contributed by atoms with Crippen molar-refractivity contribution in [2.75, 3.05) is 6.61 Å². The summed E-state index contributed by atoms with van der Waals surface area (Å²) in [5.74, 6) is -0.0575. The summed E-state index contributed by atoms with van der Waals surface area (Å²) >= 11 is 0. The molecule has 0 bridgehead atoms. The number of aromatic nitrogens is 2. The molecule has 1 amide bonds. The first-order valence-electron chi connectivity index (χ1n) is 9.14. The Balaban J connectivity index is 2.11. The van der Waals surface area contributed by atoms with Crippen LogP contribution >= 0.6 is 0 Å². The van der Waals surface area contributed by atoms with E-state index in [1.165, 1.54) is 11.6 Å². The van der Waals surface area contributed by atoms with Gasteiger partial charge in [-0.25, -0.2) is 9.48 Å². The predicted molar refractivity (Wildman–Crippen MR) is 99.9 cm³/mol. The number of ether oxygens (including phenoxy) is 2. The number of nitriles is 1. The average Bonchev–Trinajstić information content (AvgIpc) is 2.87. The fourth-order valence-electron chi connectivity index (χ4n) is 2.87. The van der Waals surface area contributed by atoms with Gasteiger partial charge in [-0.15, -0.1) is 0 Å². The third kappa shape index (κ3) is 4.71. The molecule has 10 heteroatoms. The molecule has 0 aliphatic heterocycles. The summed E-state index contributed by atoms with van der Waals surface area (Å²) in [7, 11) is 0. The molecule has 1 fully saturated rings. The Hall–Kier alpha value is -2.83. The van der Waals surface area contributed by atoms with Gasteiger partial charge >= 0.3 is 11.8 Å². The zero-order valence-corrected chi connectivity index (χ0v) is 17.1. The second kappa shape index (κ2) is 7.66. The average molecular weight is 393 g/mol. The summed E-state index contributed by atoms with van der Waals surface area (Å²) in [6, 6.07) is 1.94. The first kappa shape index (κ1) is 21.5. The van der Waals surface area contributed by atoms with Gasteiger partial charge in [0, 0.05) is 12.0 Å². The Bertz CT molecular complexity index is 803. The molecule has 1 heterocycles. The maximum Gasteiger partial charge on any atom is 0.407 e. The number of alkyl carbamates (subject to hydrolysis) is 1. The third-order valence-corrected chi connectivity index (χ3v) is 4.53. The zero-order valence-electron chi connectivity index (χ0n) is 17.1. The van der Waals surface area contributed by atoms with Crippen LogP contribution in [0, 0.1) is 34.3 Å². The highest BCUT2D eigenvalue weighted by Crippen LogP contribution is 2.36. The van der Waals surface area contributed by atoms with Crippen LogP contribution in [0.1, 0.15) is 53.2 Å². The molecule has 1 N–H and O–H groups in total. The summed E-state index contributed by atoms with van der Waals surface area (Å²) in [5, 5.41) is 27.8. The van der Waals surface area contributed by atoms with E-state index in [1.54, 1.807) is 34.6 Å². The number of nitrogens with zero attached hydrogens (tertiary/aromatic N) is 4. The van der Waals surface area contributed by atoms with Crippen molar-refractivity contribution in [1.29, 1.82) is 5.26 Å². The normalized spacial score (nSPS) is 19.3. The van der Waals surface area contributed by atoms with E-state index in [0.717, 1.165) is 12.8 Å². The number of carbonyl (C=O) groups excluding carboxylic acids is 1. The van der Waals surface area contributed by atoms with Crippen LogP contribution in [0.15, 0.2) is 0 Å². The molecule has 154 valence electrons. The Morgan fingerprint density at radius 2 is 2.04 bits per heavy atom. The molecule has 0 aromatic carbocycles. The van der Waals surface area contributed by atoms with Crippen molar-refractivity contribution in [1.82, 2.24) is 15.1 Å². The van der Waals surface area contributed by atoms with Crippen LogP contribution in [0.3, 0.4) is 0 Å². The molecule has 10 nitrogen and oxygen atoms in total. The lowest BCUT2D eigenvalue weighted by Crippen LogP contribution is -2.50. The molecule has 0 saturated heterocycles. The molecule has 2 rings (SSSR count). The van der Waals surface area contributed by atoms with E-state index in [-0.39, 0.29) is 35.8 Å². The van der Waals surface area contributed by atoms with Crippen molar-refractivity contribution in [2.45, 2.75) is 71.6 Å². The molecule has 0 radical (unpaired) electrons. The maximum absolute atomic E-state index is 11.9. The van der Waals surface area contributed by atoms with Gasteiger partial charge in [-0.3, -0.25) is 10.1 Å². The van der Waals surface area contributed by atoms with Gasteiger partial charge in [0.25, 0.3) is 5.88 Å². The van der Waals surface area contributed by atoms with E-state index in [1.807, 2.05) is 0 Å². The van der Waals surface area contributed by atoms with Gasteiger partial charge in [0.2, 0.25) is 0 Å². The van der Waals surface area contributed by atoms with Gasteiger partial charge in [0.1, 0.15) is 16.8 Å². The second-order valence-corrected chi connectivity index (χ2v) is 8.48. The van der Waals surface area contributed by atoms with E-state index in [2.05, 4.69) is 16.5 Å². The Labute approximate surface area is 163 Å². The van der Waals surface area contributed by atoms with Crippen molar-refractivity contribution < 1.29 is 19.2 Å². The summed E-state index contributed by atoms with van der Waals surface area (Å²) < 4.78 is 12.3. The lowest BCUT2D eigenvalue weighted by Gasteiger charge is -2.37. The molecular weight excluding hydrogens is 366 g/mol. The van der Waals surface area contributed by atoms with E-state index in [4.69, 9.17) is 9.47 Å². The van der Waals surface area contributed by atoms with E-state index < -0.39 is 22.2 Å². The van der Waals surface area contributed by atoms with Crippen LogP contribution in [0.4, 0.5) is 10.5 Å². The SMILES string of the molecule is Cc1nn(C(C)(C)C#N)c(OC[C@@H]2CC[C@H]2NC(=O)OC(C)(C)C)c1[N+](=O)[O-]. The standard InChI is InChI=1S/C18H27N5O5/c1-11-14(23(25)26)15(22(21-11)18(5,6)10-19)27-9-12-7-8-13(12)20-16(24)28-17(2,3)4/h12-13H,7-9H2,1-6H3,(H,20,24)/t12-,13+/m0/s1. The van der Waals surface area contributed by atoms with Crippen molar-refractivity contribution in [2.24, 2.45) is 5.92 Å². The summed E-state index contributed by atoms with van der Waals surface area (Å²) in [4.78, 5) is 22.8. The summed E-state index contributed by atoms with van der Waals surface area (Å²) in [5.41, 5.74) is -1.77. The lowest BCUT2D eigenvalue weighted by molar-refractivity contribution is -0.386. The lowest BCUT2D eigenvalue weighted by atomic mass is 9.80. The molecule has 1 aromatic rings. The molecule has 0 spiro atoms. The number of nitrogens with one attached hydrogen (secondary N) is 1.